The Kier molecular flexibility index (Phi) is 38.0. The van der Waals surface area contributed by atoms with E-state index in [-0.39, 0.29) is 13.0 Å². The largest absolute Gasteiger partial charge is 0.480 e. The third-order valence-corrected chi connectivity index (χ3v) is 8.71. The highest BCUT2D eigenvalue weighted by Gasteiger charge is 2.27. The van der Waals surface area contributed by atoms with Crippen molar-refractivity contribution in [3.8, 4) is 0 Å². The molecule has 0 aromatic rings. The SMILES string of the molecule is CC/C=C\C/C=C\C/C=C\C/C=C\C/C=C\CCCCCC(=O)OC(COCC/C=C\C/C=C\C/C=C\C/C=C\C/C=C\CC)COP(=O)(O)OCC(N)C(=O)O. The van der Waals surface area contributed by atoms with Crippen molar-refractivity contribution in [3.05, 3.63) is 122 Å². The van der Waals surface area contributed by atoms with E-state index in [0.717, 1.165) is 83.5 Å². The second-order valence-corrected chi connectivity index (χ2v) is 14.4. The molecule has 0 saturated heterocycles. The van der Waals surface area contributed by atoms with Gasteiger partial charge in [-0.15, -0.1) is 0 Å². The molecule has 0 amide bonds. The predicted molar refractivity (Wildman–Crippen MR) is 235 cm³/mol. The molecule has 320 valence electrons. The summed E-state index contributed by atoms with van der Waals surface area (Å²) in [6.07, 6.45) is 55.6. The third-order valence-electron chi connectivity index (χ3n) is 7.76. The second kappa shape index (κ2) is 40.6. The average molecular weight is 814 g/mol. The van der Waals surface area contributed by atoms with Crippen molar-refractivity contribution in [2.45, 2.75) is 129 Å². The van der Waals surface area contributed by atoms with Crippen LogP contribution < -0.4 is 5.73 Å². The van der Waals surface area contributed by atoms with Gasteiger partial charge in [-0.2, -0.15) is 0 Å². The fourth-order valence-electron chi connectivity index (χ4n) is 4.63. The van der Waals surface area contributed by atoms with E-state index in [2.05, 4.69) is 128 Å². The number of esters is 1. The number of ether oxygens (including phenoxy) is 2. The Hall–Kier alpha value is -3.63. The van der Waals surface area contributed by atoms with Crippen molar-refractivity contribution in [3.63, 3.8) is 0 Å². The highest BCUT2D eigenvalue weighted by molar-refractivity contribution is 7.47. The number of nitrogens with two attached hydrogens (primary N) is 1. The molecule has 3 atom stereocenters. The fraction of sp³-hybridized carbons (Fsp3) is 0.522. The number of carboxylic acid groups (broad SMARTS) is 1. The van der Waals surface area contributed by atoms with Crippen LogP contribution in [0.5, 0.6) is 0 Å². The summed E-state index contributed by atoms with van der Waals surface area (Å²) in [6, 6.07) is -1.50. The van der Waals surface area contributed by atoms with E-state index in [1.54, 1.807) is 0 Å². The number of aliphatic carboxylic acids is 1. The minimum Gasteiger partial charge on any atom is -0.480 e. The number of rotatable bonds is 37. The van der Waals surface area contributed by atoms with E-state index in [0.29, 0.717) is 19.4 Å². The van der Waals surface area contributed by atoms with Crippen LogP contribution in [0.3, 0.4) is 0 Å². The Morgan fingerprint density at radius 1 is 0.561 bits per heavy atom. The van der Waals surface area contributed by atoms with Crippen LogP contribution in [-0.2, 0) is 32.7 Å². The van der Waals surface area contributed by atoms with Gasteiger partial charge in [-0.05, 0) is 89.9 Å². The summed E-state index contributed by atoms with van der Waals surface area (Å²) in [6.45, 7) is 3.34. The lowest BCUT2D eigenvalue weighted by molar-refractivity contribution is -0.154. The predicted octanol–water partition coefficient (Wildman–Crippen LogP) is 11.3. The maximum absolute atomic E-state index is 12.6. The summed E-state index contributed by atoms with van der Waals surface area (Å²) in [5.74, 6) is -1.86. The highest BCUT2D eigenvalue weighted by atomic mass is 31.2. The quantitative estimate of drug-likeness (QED) is 0.0239. The lowest BCUT2D eigenvalue weighted by Gasteiger charge is -2.20. The Morgan fingerprint density at radius 2 is 0.965 bits per heavy atom. The first-order chi connectivity index (χ1) is 27.7. The number of unbranched alkanes of at least 4 members (excludes halogenated alkanes) is 3. The molecule has 0 aromatic heterocycles. The molecule has 0 heterocycles. The van der Waals surface area contributed by atoms with Gasteiger partial charge < -0.3 is 25.2 Å². The van der Waals surface area contributed by atoms with Crippen LogP contribution in [0.15, 0.2) is 122 Å². The fourth-order valence-corrected chi connectivity index (χ4v) is 5.41. The molecule has 3 unspecified atom stereocenters. The van der Waals surface area contributed by atoms with E-state index in [4.69, 9.17) is 24.8 Å². The summed E-state index contributed by atoms with van der Waals surface area (Å²) in [5, 5.41) is 8.89. The highest BCUT2D eigenvalue weighted by Crippen LogP contribution is 2.43. The Balaban J connectivity index is 4.49. The van der Waals surface area contributed by atoms with Crippen LogP contribution in [-0.4, -0.2) is 60.5 Å². The van der Waals surface area contributed by atoms with E-state index >= 15 is 0 Å². The van der Waals surface area contributed by atoms with Crippen molar-refractivity contribution in [1.29, 1.82) is 0 Å². The standard InChI is InChI=1S/C46H72NO9P/c1-3-5-7-9-11-13-15-17-19-21-22-23-24-26-28-30-32-34-36-38-45(48)56-43(41-54-57(51,52)55-42-44(47)46(49)50)40-53-39-37-35-33-31-29-27-25-20-18-16-14-12-10-8-6-4-2/h5-8,11-14,17-20,22-23,26-29,33,35,43-44H,3-4,9-10,15-16,21,24-25,30-32,34,36-42,47H2,1-2H3,(H,49,50)(H,51,52)/b7-5-,8-6-,13-11-,14-12-,19-17-,20-18-,23-22-,28-26-,29-27-,35-33-. The minimum absolute atomic E-state index is 0.0604. The van der Waals surface area contributed by atoms with Gasteiger partial charge in [0.25, 0.3) is 0 Å². The molecule has 4 N–H and O–H groups in total. The third kappa shape index (κ3) is 40.4. The number of hydrogen-bond acceptors (Lipinski definition) is 8. The van der Waals surface area contributed by atoms with Gasteiger partial charge in [-0.3, -0.25) is 18.6 Å². The van der Waals surface area contributed by atoms with Crippen molar-refractivity contribution in [2.24, 2.45) is 5.73 Å². The molecule has 10 nitrogen and oxygen atoms in total. The normalized spacial score (nSPS) is 15.2. The number of phosphoric acid groups is 1. The summed E-state index contributed by atoms with van der Waals surface area (Å²) >= 11 is 0. The summed E-state index contributed by atoms with van der Waals surface area (Å²) in [7, 11) is -4.65. The number of carboxylic acids is 1. The number of allylic oxidation sites excluding steroid dienone is 19. The van der Waals surface area contributed by atoms with Gasteiger partial charge in [0.15, 0.2) is 0 Å². The monoisotopic (exact) mass is 813 g/mol. The molecule has 0 saturated carbocycles. The van der Waals surface area contributed by atoms with Crippen molar-refractivity contribution in [2.75, 3.05) is 26.4 Å². The molecule has 0 spiro atoms. The molecule has 0 aliphatic carbocycles. The van der Waals surface area contributed by atoms with Crippen LogP contribution in [0.1, 0.15) is 117 Å². The first kappa shape index (κ1) is 53.4. The number of hydrogen-bond donors (Lipinski definition) is 3. The molecule has 0 rings (SSSR count). The molecule has 0 fully saturated rings. The first-order valence-corrected chi connectivity index (χ1v) is 22.1. The lowest BCUT2D eigenvalue weighted by Crippen LogP contribution is -2.34. The average Bonchev–Trinajstić information content (AvgIpc) is 3.19. The van der Waals surface area contributed by atoms with Crippen LogP contribution in [0, 0.1) is 0 Å². The maximum Gasteiger partial charge on any atom is 0.472 e. The Morgan fingerprint density at radius 3 is 1.40 bits per heavy atom. The van der Waals surface area contributed by atoms with Crippen LogP contribution in [0.2, 0.25) is 0 Å². The molecular weight excluding hydrogens is 741 g/mol. The molecular formula is C46H72NO9P. The van der Waals surface area contributed by atoms with Gasteiger partial charge in [0, 0.05) is 6.42 Å². The van der Waals surface area contributed by atoms with Crippen LogP contribution in [0.4, 0.5) is 0 Å². The summed E-state index contributed by atoms with van der Waals surface area (Å²) < 4.78 is 33.1. The van der Waals surface area contributed by atoms with Crippen molar-refractivity contribution < 1.29 is 42.7 Å². The molecule has 0 aliphatic rings. The first-order valence-electron chi connectivity index (χ1n) is 20.6. The van der Waals surface area contributed by atoms with E-state index in [1.807, 2.05) is 12.2 Å². The van der Waals surface area contributed by atoms with E-state index in [1.165, 1.54) is 0 Å². The molecule has 0 aliphatic heterocycles. The van der Waals surface area contributed by atoms with Crippen LogP contribution in [0.25, 0.3) is 0 Å². The zero-order chi connectivity index (χ0) is 41.9. The van der Waals surface area contributed by atoms with Gasteiger partial charge in [0.1, 0.15) is 12.1 Å². The zero-order valence-electron chi connectivity index (χ0n) is 34.6. The molecule has 0 bridgehead atoms. The van der Waals surface area contributed by atoms with E-state index < -0.39 is 45.1 Å². The van der Waals surface area contributed by atoms with Crippen molar-refractivity contribution in [1.82, 2.24) is 0 Å². The van der Waals surface area contributed by atoms with Crippen molar-refractivity contribution >= 4 is 19.8 Å². The molecule has 0 radical (unpaired) electrons. The number of carbonyl (C=O) groups is 2. The second-order valence-electron chi connectivity index (χ2n) is 13.0. The van der Waals surface area contributed by atoms with Crippen LogP contribution >= 0.6 is 7.82 Å². The van der Waals surface area contributed by atoms with Gasteiger partial charge >= 0.3 is 19.8 Å². The van der Waals surface area contributed by atoms with Gasteiger partial charge in [0.2, 0.25) is 0 Å². The van der Waals surface area contributed by atoms with Gasteiger partial charge in [-0.1, -0.05) is 142 Å². The minimum atomic E-state index is -4.65. The Labute approximate surface area is 344 Å². The number of phosphoric ester groups is 1. The molecule has 0 aromatic carbocycles. The topological polar surface area (TPSA) is 155 Å². The number of carbonyl (C=O) groups excluding carboxylic acids is 1. The molecule has 57 heavy (non-hydrogen) atoms. The Bertz CT molecular complexity index is 1360. The van der Waals surface area contributed by atoms with Gasteiger partial charge in [-0.25, -0.2) is 4.57 Å². The zero-order valence-corrected chi connectivity index (χ0v) is 35.5. The van der Waals surface area contributed by atoms with Gasteiger partial charge in [0.05, 0.1) is 26.4 Å². The summed E-state index contributed by atoms with van der Waals surface area (Å²) in [4.78, 5) is 33.5. The molecule has 11 heteroatoms. The lowest BCUT2D eigenvalue weighted by atomic mass is 10.1. The van der Waals surface area contributed by atoms with E-state index in [9.17, 15) is 19.0 Å². The summed E-state index contributed by atoms with van der Waals surface area (Å²) in [5.41, 5.74) is 5.34. The maximum atomic E-state index is 12.6. The smallest absolute Gasteiger partial charge is 0.472 e.